The quantitative estimate of drug-likeness (QED) is 0.945. The Kier molecular flexibility index (Phi) is 4.11. The molecule has 0 fully saturated rings. The molecule has 21 heavy (non-hydrogen) atoms. The Labute approximate surface area is 122 Å². The van der Waals surface area contributed by atoms with E-state index in [0.29, 0.717) is 18.4 Å². The van der Waals surface area contributed by atoms with Gasteiger partial charge in [-0.3, -0.25) is 4.79 Å². The van der Waals surface area contributed by atoms with Crippen LogP contribution in [0.1, 0.15) is 30.5 Å². The molecule has 112 valence electrons. The van der Waals surface area contributed by atoms with Gasteiger partial charge in [-0.25, -0.2) is 4.68 Å². The van der Waals surface area contributed by atoms with Crippen LogP contribution in [0.25, 0.3) is 11.1 Å². The minimum atomic E-state index is -1.03. The number of nitrogens with zero attached hydrogens (tertiary/aromatic N) is 2. The summed E-state index contributed by atoms with van der Waals surface area (Å²) in [5.74, 6) is -1.71. The SMILES string of the molecule is CCc1cc(C)cc(CC)c1-c1c(O)c(F)nn(C)c1=O. The first-order valence-corrected chi connectivity index (χ1v) is 6.99. The fraction of sp³-hybridized carbons (Fsp3) is 0.375. The number of halogens is 1. The van der Waals surface area contributed by atoms with Gasteiger partial charge in [0.25, 0.3) is 11.5 Å². The maximum atomic E-state index is 13.7. The Hall–Kier alpha value is -2.17. The van der Waals surface area contributed by atoms with Gasteiger partial charge in [-0.2, -0.15) is 4.39 Å². The molecule has 1 heterocycles. The summed E-state index contributed by atoms with van der Waals surface area (Å²) in [6, 6.07) is 3.93. The van der Waals surface area contributed by atoms with E-state index in [4.69, 9.17) is 0 Å². The maximum absolute atomic E-state index is 13.7. The van der Waals surface area contributed by atoms with Crippen molar-refractivity contribution in [3.8, 4) is 16.9 Å². The molecule has 4 nitrogen and oxygen atoms in total. The molecule has 0 saturated carbocycles. The molecule has 5 heteroatoms. The molecule has 2 rings (SSSR count). The molecule has 0 amide bonds. The molecule has 0 spiro atoms. The first kappa shape index (κ1) is 15.2. The minimum absolute atomic E-state index is 0.00120. The van der Waals surface area contributed by atoms with E-state index < -0.39 is 17.3 Å². The summed E-state index contributed by atoms with van der Waals surface area (Å²) in [4.78, 5) is 12.3. The van der Waals surface area contributed by atoms with Crippen molar-refractivity contribution in [3.63, 3.8) is 0 Å². The normalized spacial score (nSPS) is 10.9. The molecule has 1 N–H and O–H groups in total. The summed E-state index contributed by atoms with van der Waals surface area (Å²) in [5.41, 5.74) is 3.05. The summed E-state index contributed by atoms with van der Waals surface area (Å²) in [6.45, 7) is 5.92. The van der Waals surface area contributed by atoms with Crippen molar-refractivity contribution < 1.29 is 9.50 Å². The lowest BCUT2D eigenvalue weighted by Gasteiger charge is -2.16. The van der Waals surface area contributed by atoms with Gasteiger partial charge >= 0.3 is 0 Å². The Balaban J connectivity index is 2.94. The minimum Gasteiger partial charge on any atom is -0.503 e. The van der Waals surface area contributed by atoms with Crippen LogP contribution in [0.2, 0.25) is 0 Å². The van der Waals surface area contributed by atoms with Gasteiger partial charge in [-0.05, 0) is 36.5 Å². The zero-order chi connectivity index (χ0) is 15.7. The van der Waals surface area contributed by atoms with Crippen LogP contribution >= 0.6 is 0 Å². The number of hydrogen-bond donors (Lipinski definition) is 1. The second-order valence-corrected chi connectivity index (χ2v) is 5.11. The predicted molar refractivity (Wildman–Crippen MR) is 80.0 cm³/mol. The van der Waals surface area contributed by atoms with E-state index in [2.05, 4.69) is 5.10 Å². The largest absolute Gasteiger partial charge is 0.503 e. The van der Waals surface area contributed by atoms with Crippen molar-refractivity contribution in [2.24, 2.45) is 7.05 Å². The van der Waals surface area contributed by atoms with E-state index in [1.807, 2.05) is 32.9 Å². The molecule has 0 bridgehead atoms. The van der Waals surface area contributed by atoms with Gasteiger partial charge in [0.05, 0.1) is 5.56 Å². The van der Waals surface area contributed by atoms with Crippen LogP contribution in [0.4, 0.5) is 4.39 Å². The number of aromatic hydroxyl groups is 1. The van der Waals surface area contributed by atoms with Crippen LogP contribution in [0.15, 0.2) is 16.9 Å². The smallest absolute Gasteiger partial charge is 0.278 e. The third-order valence-electron chi connectivity index (χ3n) is 3.64. The monoisotopic (exact) mass is 290 g/mol. The second-order valence-electron chi connectivity index (χ2n) is 5.11. The summed E-state index contributed by atoms with van der Waals surface area (Å²) in [5, 5.41) is 13.4. The number of rotatable bonds is 3. The van der Waals surface area contributed by atoms with E-state index in [1.54, 1.807) is 0 Å². The zero-order valence-corrected chi connectivity index (χ0v) is 12.7. The summed E-state index contributed by atoms with van der Waals surface area (Å²) < 4.78 is 14.7. The van der Waals surface area contributed by atoms with E-state index in [1.165, 1.54) is 7.05 Å². The third kappa shape index (κ3) is 2.55. The standard InChI is InChI=1S/C16H19FN2O2/c1-5-10-7-9(3)8-11(6-2)12(10)13-14(20)15(17)18-19(4)16(13)21/h7-8,20H,5-6H2,1-4H3. The average molecular weight is 290 g/mol. The lowest BCUT2D eigenvalue weighted by Crippen LogP contribution is -2.23. The highest BCUT2D eigenvalue weighted by atomic mass is 19.1. The lowest BCUT2D eigenvalue weighted by atomic mass is 9.90. The maximum Gasteiger partial charge on any atom is 0.278 e. The van der Waals surface area contributed by atoms with Crippen LogP contribution < -0.4 is 5.56 Å². The Morgan fingerprint density at radius 2 is 1.71 bits per heavy atom. The molecule has 0 unspecified atom stereocenters. The third-order valence-corrected chi connectivity index (χ3v) is 3.64. The number of hydrogen-bond acceptors (Lipinski definition) is 3. The molecule has 0 aliphatic heterocycles. The van der Waals surface area contributed by atoms with Crippen molar-refractivity contribution in [2.45, 2.75) is 33.6 Å². The van der Waals surface area contributed by atoms with Crippen LogP contribution in [-0.4, -0.2) is 14.9 Å². The van der Waals surface area contributed by atoms with Gasteiger partial charge in [0.15, 0.2) is 5.75 Å². The molecule has 0 atom stereocenters. The fourth-order valence-corrected chi connectivity index (χ4v) is 2.64. The average Bonchev–Trinajstić information content (AvgIpc) is 2.46. The molecule has 2 aromatic rings. The van der Waals surface area contributed by atoms with Crippen molar-refractivity contribution in [1.29, 1.82) is 0 Å². The van der Waals surface area contributed by atoms with Crippen molar-refractivity contribution in [3.05, 3.63) is 45.1 Å². The van der Waals surface area contributed by atoms with Crippen molar-refractivity contribution >= 4 is 0 Å². The van der Waals surface area contributed by atoms with E-state index in [0.717, 1.165) is 21.4 Å². The molecule has 1 aromatic heterocycles. The van der Waals surface area contributed by atoms with Crippen LogP contribution in [0.3, 0.4) is 0 Å². The van der Waals surface area contributed by atoms with E-state index in [9.17, 15) is 14.3 Å². The van der Waals surface area contributed by atoms with Crippen molar-refractivity contribution in [2.75, 3.05) is 0 Å². The molecular formula is C16H19FN2O2. The second kappa shape index (κ2) is 5.68. The van der Waals surface area contributed by atoms with Gasteiger partial charge in [-0.15, -0.1) is 5.10 Å². The first-order valence-electron chi connectivity index (χ1n) is 6.99. The summed E-state index contributed by atoms with van der Waals surface area (Å²) in [6.07, 6.45) is 1.38. The van der Waals surface area contributed by atoms with Crippen LogP contribution in [0.5, 0.6) is 5.75 Å². The van der Waals surface area contributed by atoms with Gasteiger partial charge in [0, 0.05) is 7.05 Å². The Morgan fingerprint density at radius 1 is 1.19 bits per heavy atom. The van der Waals surface area contributed by atoms with E-state index >= 15 is 0 Å². The summed E-state index contributed by atoms with van der Waals surface area (Å²) >= 11 is 0. The first-order chi connectivity index (χ1) is 9.90. The predicted octanol–water partition coefficient (Wildman–Crippen LogP) is 2.73. The van der Waals surface area contributed by atoms with Crippen LogP contribution in [0, 0.1) is 12.9 Å². The number of aromatic nitrogens is 2. The molecule has 1 aromatic carbocycles. The van der Waals surface area contributed by atoms with Gasteiger partial charge in [0.2, 0.25) is 0 Å². The van der Waals surface area contributed by atoms with Gasteiger partial charge < -0.3 is 5.11 Å². The summed E-state index contributed by atoms with van der Waals surface area (Å²) in [7, 11) is 1.37. The molecular weight excluding hydrogens is 271 g/mol. The van der Waals surface area contributed by atoms with Crippen molar-refractivity contribution in [1.82, 2.24) is 9.78 Å². The lowest BCUT2D eigenvalue weighted by molar-refractivity contribution is 0.401. The fourth-order valence-electron chi connectivity index (χ4n) is 2.64. The van der Waals surface area contributed by atoms with E-state index in [-0.39, 0.29) is 5.56 Å². The highest BCUT2D eigenvalue weighted by Crippen LogP contribution is 2.34. The zero-order valence-electron chi connectivity index (χ0n) is 12.7. The van der Waals surface area contributed by atoms with Gasteiger partial charge in [-0.1, -0.05) is 31.5 Å². The van der Waals surface area contributed by atoms with Gasteiger partial charge in [0.1, 0.15) is 0 Å². The Bertz CT molecular complexity index is 726. The molecule has 0 aliphatic rings. The molecule has 0 radical (unpaired) electrons. The molecule has 0 aliphatic carbocycles. The number of benzene rings is 1. The van der Waals surface area contributed by atoms with Crippen LogP contribution in [-0.2, 0) is 19.9 Å². The Morgan fingerprint density at radius 3 is 2.19 bits per heavy atom. The topological polar surface area (TPSA) is 55.1 Å². The molecule has 0 saturated heterocycles. The number of aryl methyl sites for hydroxylation is 4. The highest BCUT2D eigenvalue weighted by Gasteiger charge is 2.21. The highest BCUT2D eigenvalue weighted by molar-refractivity contribution is 5.75.